The van der Waals surface area contributed by atoms with Gasteiger partial charge < -0.3 is 5.32 Å². The van der Waals surface area contributed by atoms with Crippen LogP contribution in [0.25, 0.3) is 0 Å². The molecule has 1 aliphatic carbocycles. The summed E-state index contributed by atoms with van der Waals surface area (Å²) >= 11 is 1.55. The maximum Gasteiger partial charge on any atom is 0.267 e. The second-order valence-electron chi connectivity index (χ2n) is 6.02. The summed E-state index contributed by atoms with van der Waals surface area (Å²) in [7, 11) is 0. The summed E-state index contributed by atoms with van der Waals surface area (Å²) in [5.74, 6) is 0.514. The van der Waals surface area contributed by atoms with Crippen LogP contribution in [-0.4, -0.2) is 21.2 Å². The van der Waals surface area contributed by atoms with Gasteiger partial charge in [-0.15, -0.1) is 0 Å². The molecule has 1 fully saturated rings. The smallest absolute Gasteiger partial charge is 0.267 e. The summed E-state index contributed by atoms with van der Waals surface area (Å²) < 4.78 is 1.59. The minimum Gasteiger partial charge on any atom is -0.342 e. The van der Waals surface area contributed by atoms with E-state index >= 15 is 0 Å². The van der Waals surface area contributed by atoms with E-state index in [1.165, 1.54) is 6.20 Å². The van der Waals surface area contributed by atoms with Crippen LogP contribution in [0.1, 0.15) is 35.2 Å². The van der Waals surface area contributed by atoms with Crippen molar-refractivity contribution in [2.45, 2.75) is 36.5 Å². The average Bonchev–Trinajstić information content (AvgIpc) is 3.01. The molecule has 0 unspecified atom stereocenters. The lowest BCUT2D eigenvalue weighted by Crippen LogP contribution is -2.51. The Hall–Kier alpha value is -2.08. The first-order valence-corrected chi connectivity index (χ1v) is 8.79. The van der Waals surface area contributed by atoms with Crippen molar-refractivity contribution in [3.8, 4) is 0 Å². The largest absolute Gasteiger partial charge is 0.342 e. The predicted molar refractivity (Wildman–Crippen MR) is 88.7 cm³/mol. The molecule has 0 atom stereocenters. The Bertz CT molecular complexity index is 812. The third kappa shape index (κ3) is 2.37. The molecule has 2 aromatic rings. The fourth-order valence-corrected chi connectivity index (χ4v) is 4.15. The summed E-state index contributed by atoms with van der Waals surface area (Å²) in [5.41, 5.74) is 0.659. The van der Waals surface area contributed by atoms with Gasteiger partial charge in [0.15, 0.2) is 5.16 Å². The molecule has 118 valence electrons. The van der Waals surface area contributed by atoms with Crippen molar-refractivity contribution in [3.63, 3.8) is 0 Å². The molecule has 1 amide bonds. The first-order valence-electron chi connectivity index (χ1n) is 7.80. The maximum atomic E-state index is 12.7. The lowest BCUT2D eigenvalue weighted by molar-refractivity contribution is 0.0820. The van der Waals surface area contributed by atoms with Gasteiger partial charge in [0, 0.05) is 18.5 Å². The Morgan fingerprint density at radius 3 is 2.74 bits per heavy atom. The van der Waals surface area contributed by atoms with Gasteiger partial charge >= 0.3 is 0 Å². The van der Waals surface area contributed by atoms with Crippen molar-refractivity contribution in [2.75, 3.05) is 5.75 Å². The molecule has 0 saturated heterocycles. The minimum absolute atomic E-state index is 0.137. The molecule has 4 rings (SSSR count). The van der Waals surface area contributed by atoms with Crippen LogP contribution in [0.4, 0.5) is 0 Å². The summed E-state index contributed by atoms with van der Waals surface area (Å²) in [5, 5.41) is 3.80. The predicted octanol–water partition coefficient (Wildman–Crippen LogP) is 2.16. The highest BCUT2D eigenvalue weighted by Crippen LogP contribution is 2.41. The van der Waals surface area contributed by atoms with Crippen LogP contribution in [0.2, 0.25) is 0 Å². The molecule has 2 heterocycles. The summed E-state index contributed by atoms with van der Waals surface area (Å²) in [6.07, 6.45) is 4.29. The zero-order valence-electron chi connectivity index (χ0n) is 12.6. The summed E-state index contributed by atoms with van der Waals surface area (Å²) in [6.45, 7) is 0.622. The van der Waals surface area contributed by atoms with Gasteiger partial charge in [-0.2, -0.15) is 0 Å². The fourth-order valence-electron chi connectivity index (χ4n) is 3.23. The van der Waals surface area contributed by atoms with Gasteiger partial charge in [0.2, 0.25) is 0 Å². The molecular weight excluding hydrogens is 310 g/mol. The number of hydrogen-bond acceptors (Lipinski definition) is 4. The number of aromatic nitrogens is 2. The molecule has 1 aromatic carbocycles. The lowest BCUT2D eigenvalue weighted by atomic mass is 9.71. The Balaban J connectivity index is 1.64. The zero-order valence-corrected chi connectivity index (χ0v) is 13.4. The van der Waals surface area contributed by atoms with Crippen LogP contribution >= 0.6 is 11.8 Å². The molecular formula is C17H17N3O2S. The normalized spacial score (nSPS) is 18.1. The van der Waals surface area contributed by atoms with E-state index in [1.807, 2.05) is 30.3 Å². The van der Waals surface area contributed by atoms with E-state index in [-0.39, 0.29) is 22.6 Å². The maximum absolute atomic E-state index is 12.7. The average molecular weight is 327 g/mol. The number of benzene rings is 1. The molecule has 2 aliphatic rings. The number of fused-ring (bicyclic) bond motifs is 1. The van der Waals surface area contributed by atoms with Gasteiger partial charge in [0.1, 0.15) is 5.56 Å². The van der Waals surface area contributed by atoms with Crippen LogP contribution in [0.5, 0.6) is 0 Å². The van der Waals surface area contributed by atoms with Gasteiger partial charge in [-0.25, -0.2) is 4.98 Å². The topological polar surface area (TPSA) is 64.0 Å². The number of amides is 1. The molecule has 6 heteroatoms. The van der Waals surface area contributed by atoms with Crippen LogP contribution in [-0.2, 0) is 12.1 Å². The van der Waals surface area contributed by atoms with Crippen LogP contribution < -0.4 is 10.9 Å². The molecule has 1 saturated carbocycles. The van der Waals surface area contributed by atoms with E-state index in [9.17, 15) is 9.59 Å². The van der Waals surface area contributed by atoms with Crippen molar-refractivity contribution in [1.29, 1.82) is 0 Å². The van der Waals surface area contributed by atoms with Crippen molar-refractivity contribution in [2.24, 2.45) is 0 Å². The molecule has 5 nitrogen and oxygen atoms in total. The molecule has 1 aliphatic heterocycles. The Kier molecular flexibility index (Phi) is 3.49. The first-order chi connectivity index (χ1) is 11.2. The number of carbonyl (C=O) groups excluding carboxylic acids is 1. The Morgan fingerprint density at radius 2 is 2.04 bits per heavy atom. The quantitative estimate of drug-likeness (QED) is 0.878. The van der Waals surface area contributed by atoms with Crippen molar-refractivity contribution < 1.29 is 4.79 Å². The fraction of sp³-hybridized carbons (Fsp3) is 0.353. The van der Waals surface area contributed by atoms with E-state index in [0.29, 0.717) is 11.7 Å². The van der Waals surface area contributed by atoms with Gasteiger partial charge in [-0.05, 0) is 24.8 Å². The van der Waals surface area contributed by atoms with Crippen molar-refractivity contribution in [3.05, 3.63) is 58.0 Å². The molecule has 23 heavy (non-hydrogen) atoms. The van der Waals surface area contributed by atoms with Crippen molar-refractivity contribution in [1.82, 2.24) is 14.9 Å². The highest BCUT2D eigenvalue weighted by Gasteiger charge is 2.40. The molecule has 1 N–H and O–H groups in total. The van der Waals surface area contributed by atoms with E-state index < -0.39 is 0 Å². The van der Waals surface area contributed by atoms with Gasteiger partial charge in [0.25, 0.3) is 11.5 Å². The van der Waals surface area contributed by atoms with Gasteiger partial charge in [-0.3, -0.25) is 14.2 Å². The number of rotatable bonds is 3. The molecule has 0 spiro atoms. The molecule has 0 radical (unpaired) electrons. The SMILES string of the molecule is O=C(NC1(c2ccccc2)CCC1)c1cnc2n(c1=O)CCS2. The Morgan fingerprint density at radius 1 is 1.26 bits per heavy atom. The molecule has 1 aromatic heterocycles. The van der Waals surface area contributed by atoms with Gasteiger partial charge in [-0.1, -0.05) is 42.1 Å². The zero-order chi connectivity index (χ0) is 15.9. The third-order valence-electron chi connectivity index (χ3n) is 4.69. The van der Waals surface area contributed by atoms with Crippen LogP contribution in [0, 0.1) is 0 Å². The van der Waals surface area contributed by atoms with Crippen LogP contribution in [0.15, 0.2) is 46.5 Å². The first kappa shape index (κ1) is 14.5. The van der Waals surface area contributed by atoms with Crippen molar-refractivity contribution >= 4 is 17.7 Å². The molecule has 0 bridgehead atoms. The second kappa shape index (κ2) is 5.53. The Labute approximate surface area is 138 Å². The van der Waals surface area contributed by atoms with E-state index in [4.69, 9.17) is 0 Å². The summed E-state index contributed by atoms with van der Waals surface area (Å²) in [6, 6.07) is 9.98. The second-order valence-corrected chi connectivity index (χ2v) is 7.08. The number of nitrogens with one attached hydrogen (secondary N) is 1. The number of hydrogen-bond donors (Lipinski definition) is 1. The van der Waals surface area contributed by atoms with E-state index in [1.54, 1.807) is 16.3 Å². The lowest BCUT2D eigenvalue weighted by Gasteiger charge is -2.43. The number of carbonyl (C=O) groups is 1. The van der Waals surface area contributed by atoms with Gasteiger partial charge in [0.05, 0.1) is 5.54 Å². The van der Waals surface area contributed by atoms with E-state index in [2.05, 4.69) is 10.3 Å². The number of nitrogens with zero attached hydrogens (tertiary/aromatic N) is 2. The minimum atomic E-state index is -0.344. The third-order valence-corrected chi connectivity index (χ3v) is 5.66. The highest BCUT2D eigenvalue weighted by molar-refractivity contribution is 7.99. The van der Waals surface area contributed by atoms with Crippen LogP contribution in [0.3, 0.4) is 0 Å². The van der Waals surface area contributed by atoms with E-state index in [0.717, 1.165) is 30.6 Å². The standard InChI is InChI=1S/C17H17N3O2S/c21-14(13-11-18-16-20(15(13)22)9-10-23-16)19-17(7-4-8-17)12-5-2-1-3-6-12/h1-3,5-6,11H,4,7-10H2,(H,19,21). The highest BCUT2D eigenvalue weighted by atomic mass is 32.2. The monoisotopic (exact) mass is 327 g/mol. The summed E-state index contributed by atoms with van der Waals surface area (Å²) in [4.78, 5) is 29.4. The number of thioether (sulfide) groups is 1.